The lowest BCUT2D eigenvalue weighted by atomic mass is 10.0. The number of nitrogens with zero attached hydrogens (tertiary/aromatic N) is 5. The van der Waals surface area contributed by atoms with Crippen molar-refractivity contribution in [3.05, 3.63) is 42.2 Å². The second-order valence-corrected chi connectivity index (χ2v) is 6.83. The van der Waals surface area contributed by atoms with Gasteiger partial charge in [0.2, 0.25) is 0 Å². The van der Waals surface area contributed by atoms with E-state index in [2.05, 4.69) is 32.4 Å². The molecule has 4 rings (SSSR count). The van der Waals surface area contributed by atoms with Crippen LogP contribution in [0.25, 0.3) is 17.0 Å². The molecule has 0 amide bonds. The van der Waals surface area contributed by atoms with Crippen molar-refractivity contribution < 1.29 is 4.39 Å². The van der Waals surface area contributed by atoms with Crippen molar-refractivity contribution in [2.75, 3.05) is 25.0 Å². The Hall–Kier alpha value is -2.54. The molecule has 1 unspecified atom stereocenters. The van der Waals surface area contributed by atoms with E-state index in [1.54, 1.807) is 16.6 Å². The highest BCUT2D eigenvalue weighted by Gasteiger charge is 2.17. The summed E-state index contributed by atoms with van der Waals surface area (Å²) in [5, 5.41) is 16.3. The van der Waals surface area contributed by atoms with Crippen LogP contribution in [0.1, 0.15) is 26.2 Å². The summed E-state index contributed by atoms with van der Waals surface area (Å²) in [4.78, 5) is 2.53. The van der Waals surface area contributed by atoms with E-state index in [0.29, 0.717) is 17.5 Å². The predicted molar refractivity (Wildman–Crippen MR) is 99.6 cm³/mol. The number of benzene rings is 1. The number of hydrogen-bond donors (Lipinski definition) is 1. The number of anilines is 1. The molecule has 0 saturated carbocycles. The summed E-state index contributed by atoms with van der Waals surface area (Å²) in [6.07, 6.45) is 3.91. The van der Waals surface area contributed by atoms with Gasteiger partial charge in [-0.3, -0.25) is 4.90 Å². The number of piperidine rings is 1. The van der Waals surface area contributed by atoms with Crippen molar-refractivity contribution in [1.82, 2.24) is 24.7 Å². The van der Waals surface area contributed by atoms with Crippen LogP contribution in [0.3, 0.4) is 0 Å². The molecule has 1 saturated heterocycles. The van der Waals surface area contributed by atoms with Gasteiger partial charge in [0.25, 0.3) is 0 Å². The third-order valence-corrected chi connectivity index (χ3v) is 5.01. The summed E-state index contributed by atoms with van der Waals surface area (Å²) in [5.74, 6) is 1.11. The van der Waals surface area contributed by atoms with Gasteiger partial charge in [0.1, 0.15) is 11.6 Å². The highest BCUT2D eigenvalue weighted by molar-refractivity contribution is 5.59. The smallest absolute Gasteiger partial charge is 0.185 e. The number of halogens is 1. The maximum Gasteiger partial charge on any atom is 0.185 e. The fraction of sp³-hybridized carbons (Fsp3) is 0.421. The standard InChI is InChI=1S/C19H23FN6/c1-14-4-2-3-12-25(14)13-11-21-17-9-10-18-22-23-19(26(18)24-17)15-5-7-16(20)8-6-15/h5-10,14H,2-4,11-13H2,1H3,(H,21,24). The number of nitrogens with one attached hydrogen (secondary N) is 1. The first-order valence-electron chi connectivity index (χ1n) is 9.17. The van der Waals surface area contributed by atoms with Crippen LogP contribution in [0.4, 0.5) is 10.2 Å². The van der Waals surface area contributed by atoms with Crippen LogP contribution < -0.4 is 5.32 Å². The second kappa shape index (κ2) is 7.37. The highest BCUT2D eigenvalue weighted by Crippen LogP contribution is 2.19. The predicted octanol–water partition coefficient (Wildman–Crippen LogP) is 3.22. The Morgan fingerprint density at radius 1 is 1.12 bits per heavy atom. The summed E-state index contributed by atoms with van der Waals surface area (Å²) in [6.45, 7) is 5.33. The van der Waals surface area contributed by atoms with Crippen molar-refractivity contribution in [3.8, 4) is 11.4 Å². The molecule has 2 aromatic heterocycles. The van der Waals surface area contributed by atoms with Crippen molar-refractivity contribution >= 4 is 11.5 Å². The van der Waals surface area contributed by atoms with Crippen molar-refractivity contribution in [2.24, 2.45) is 0 Å². The molecule has 1 aliphatic rings. The number of aromatic nitrogens is 4. The molecule has 6 nitrogen and oxygen atoms in total. The number of hydrogen-bond acceptors (Lipinski definition) is 5. The molecule has 1 atom stereocenters. The zero-order chi connectivity index (χ0) is 17.9. The Morgan fingerprint density at radius 2 is 1.96 bits per heavy atom. The monoisotopic (exact) mass is 354 g/mol. The zero-order valence-corrected chi connectivity index (χ0v) is 14.9. The van der Waals surface area contributed by atoms with Gasteiger partial charge in [-0.25, -0.2) is 4.39 Å². The molecule has 0 radical (unpaired) electrons. The Kier molecular flexibility index (Phi) is 4.79. The quantitative estimate of drug-likeness (QED) is 0.762. The van der Waals surface area contributed by atoms with Gasteiger partial charge in [0, 0.05) is 24.7 Å². The van der Waals surface area contributed by atoms with Gasteiger partial charge >= 0.3 is 0 Å². The average Bonchev–Trinajstić information content (AvgIpc) is 3.07. The summed E-state index contributed by atoms with van der Waals surface area (Å²) in [6, 6.07) is 10.7. The minimum absolute atomic E-state index is 0.273. The van der Waals surface area contributed by atoms with Crippen molar-refractivity contribution in [2.45, 2.75) is 32.2 Å². The first kappa shape index (κ1) is 16.9. The largest absolute Gasteiger partial charge is 0.367 e. The van der Waals surface area contributed by atoms with Crippen LogP contribution in [-0.2, 0) is 0 Å². The Morgan fingerprint density at radius 3 is 2.77 bits per heavy atom. The van der Waals surface area contributed by atoms with Crippen LogP contribution in [0.15, 0.2) is 36.4 Å². The first-order valence-corrected chi connectivity index (χ1v) is 9.17. The van der Waals surface area contributed by atoms with Crippen LogP contribution in [0.5, 0.6) is 0 Å². The van der Waals surface area contributed by atoms with Gasteiger partial charge in [0.15, 0.2) is 11.5 Å². The van der Waals surface area contributed by atoms with E-state index < -0.39 is 0 Å². The van der Waals surface area contributed by atoms with Gasteiger partial charge in [-0.2, -0.15) is 4.52 Å². The highest BCUT2D eigenvalue weighted by atomic mass is 19.1. The third kappa shape index (κ3) is 3.53. The molecule has 3 heterocycles. The summed E-state index contributed by atoms with van der Waals surface area (Å²) >= 11 is 0. The van der Waals surface area contributed by atoms with Gasteiger partial charge in [0.05, 0.1) is 0 Å². The molecular formula is C19H23FN6. The Bertz CT molecular complexity index is 875. The average molecular weight is 354 g/mol. The molecule has 0 aliphatic carbocycles. The molecule has 1 fully saturated rings. The van der Waals surface area contributed by atoms with Gasteiger partial charge < -0.3 is 5.32 Å². The fourth-order valence-electron chi connectivity index (χ4n) is 3.48. The first-order chi connectivity index (χ1) is 12.7. The molecule has 0 spiro atoms. The fourth-order valence-corrected chi connectivity index (χ4v) is 3.48. The van der Waals surface area contributed by atoms with Gasteiger partial charge in [-0.15, -0.1) is 15.3 Å². The minimum Gasteiger partial charge on any atom is -0.367 e. The second-order valence-electron chi connectivity index (χ2n) is 6.83. The molecule has 1 N–H and O–H groups in total. The van der Waals surface area contributed by atoms with E-state index in [1.165, 1.54) is 37.9 Å². The van der Waals surface area contributed by atoms with Crippen molar-refractivity contribution in [3.63, 3.8) is 0 Å². The number of rotatable bonds is 5. The number of likely N-dealkylation sites (tertiary alicyclic amines) is 1. The van der Waals surface area contributed by atoms with E-state index in [-0.39, 0.29) is 5.82 Å². The molecular weight excluding hydrogens is 331 g/mol. The summed E-state index contributed by atoms with van der Waals surface area (Å²) in [7, 11) is 0. The zero-order valence-electron chi connectivity index (χ0n) is 14.9. The summed E-state index contributed by atoms with van der Waals surface area (Å²) < 4.78 is 14.8. The van der Waals surface area contributed by atoms with E-state index >= 15 is 0 Å². The third-order valence-electron chi connectivity index (χ3n) is 5.01. The van der Waals surface area contributed by atoms with Crippen LogP contribution in [-0.4, -0.2) is 50.4 Å². The van der Waals surface area contributed by atoms with Crippen LogP contribution >= 0.6 is 0 Å². The van der Waals surface area contributed by atoms with E-state index in [0.717, 1.165) is 24.5 Å². The lowest BCUT2D eigenvalue weighted by Gasteiger charge is -2.33. The Balaban J connectivity index is 1.48. The van der Waals surface area contributed by atoms with Crippen molar-refractivity contribution in [1.29, 1.82) is 0 Å². The molecule has 3 aromatic rings. The lowest BCUT2D eigenvalue weighted by molar-refractivity contribution is 0.167. The maximum absolute atomic E-state index is 13.2. The lowest BCUT2D eigenvalue weighted by Crippen LogP contribution is -2.40. The van der Waals surface area contributed by atoms with Crippen LogP contribution in [0.2, 0.25) is 0 Å². The van der Waals surface area contributed by atoms with E-state index in [1.807, 2.05) is 12.1 Å². The van der Waals surface area contributed by atoms with E-state index in [9.17, 15) is 4.39 Å². The molecule has 1 aliphatic heterocycles. The molecule has 1 aromatic carbocycles. The summed E-state index contributed by atoms with van der Waals surface area (Å²) in [5.41, 5.74) is 1.45. The van der Waals surface area contributed by atoms with Crippen LogP contribution in [0, 0.1) is 5.82 Å². The molecule has 0 bridgehead atoms. The van der Waals surface area contributed by atoms with Gasteiger partial charge in [-0.05, 0) is 62.7 Å². The minimum atomic E-state index is -0.273. The Labute approximate surface area is 152 Å². The molecule has 136 valence electrons. The van der Waals surface area contributed by atoms with E-state index in [4.69, 9.17) is 0 Å². The normalized spacial score (nSPS) is 18.3. The molecule has 26 heavy (non-hydrogen) atoms. The molecule has 7 heteroatoms. The number of fused-ring (bicyclic) bond motifs is 1. The maximum atomic E-state index is 13.2. The SMILES string of the molecule is CC1CCCCN1CCNc1ccc2nnc(-c3ccc(F)cc3)n2n1. The van der Waals surface area contributed by atoms with Gasteiger partial charge in [-0.1, -0.05) is 6.42 Å². The topological polar surface area (TPSA) is 58.3 Å².